The summed E-state index contributed by atoms with van der Waals surface area (Å²) < 4.78 is 27.3. The molecule has 236 valence electrons. The molecule has 0 spiro atoms. The van der Waals surface area contributed by atoms with Gasteiger partial charge < -0.3 is 29.4 Å². The average molecular weight is 592 g/mol. The third kappa shape index (κ3) is 13.2. The molecule has 3 atom stereocenters. The summed E-state index contributed by atoms with van der Waals surface area (Å²) in [6.07, 6.45) is 2.76. The van der Waals surface area contributed by atoms with E-state index in [0.29, 0.717) is 5.56 Å². The average Bonchev–Trinajstić information content (AvgIpc) is 2.83. The van der Waals surface area contributed by atoms with Crippen molar-refractivity contribution in [3.05, 3.63) is 23.8 Å². The van der Waals surface area contributed by atoms with Gasteiger partial charge in [0.15, 0.2) is 11.5 Å². The summed E-state index contributed by atoms with van der Waals surface area (Å²) in [5.74, 6) is -1.47. The van der Waals surface area contributed by atoms with Gasteiger partial charge in [0, 0.05) is 0 Å². The monoisotopic (exact) mass is 591 g/mol. The molecule has 2 rings (SSSR count). The van der Waals surface area contributed by atoms with Crippen molar-refractivity contribution in [3.8, 4) is 11.5 Å². The van der Waals surface area contributed by atoms with Gasteiger partial charge in [-0.2, -0.15) is 0 Å². The fourth-order valence-electron chi connectivity index (χ4n) is 4.33. The molecule has 0 amide bonds. The lowest BCUT2D eigenvalue weighted by Crippen LogP contribution is -2.39. The Morgan fingerprint density at radius 3 is 1.88 bits per heavy atom. The molecule has 1 aromatic rings. The molecule has 1 unspecified atom stereocenters. The van der Waals surface area contributed by atoms with Crippen LogP contribution in [0.1, 0.15) is 106 Å². The Morgan fingerprint density at radius 1 is 0.810 bits per heavy atom. The number of hydrogen-bond acceptors (Lipinski definition) is 10. The molecule has 1 fully saturated rings. The molecule has 0 saturated heterocycles. The highest BCUT2D eigenvalue weighted by molar-refractivity contribution is 5.78. The van der Waals surface area contributed by atoms with E-state index in [9.17, 15) is 19.2 Å². The molecular weight excluding hydrogens is 542 g/mol. The minimum absolute atomic E-state index is 0.0601. The first-order chi connectivity index (χ1) is 19.4. The molecule has 42 heavy (non-hydrogen) atoms. The van der Waals surface area contributed by atoms with Crippen LogP contribution in [0.5, 0.6) is 11.5 Å². The van der Waals surface area contributed by atoms with Gasteiger partial charge in [-0.1, -0.05) is 54.0 Å². The van der Waals surface area contributed by atoms with Gasteiger partial charge in [-0.3, -0.25) is 14.4 Å². The number of ether oxygens (including phenoxy) is 5. The number of esters is 3. The maximum absolute atomic E-state index is 12.8. The lowest BCUT2D eigenvalue weighted by molar-refractivity contribution is -0.156. The third-order valence-corrected chi connectivity index (χ3v) is 6.62. The molecule has 0 heterocycles. The molecule has 0 aromatic heterocycles. The first-order valence-corrected chi connectivity index (χ1v) is 14.8. The van der Waals surface area contributed by atoms with E-state index >= 15 is 0 Å². The zero-order valence-corrected chi connectivity index (χ0v) is 26.4. The lowest BCUT2D eigenvalue weighted by Gasteiger charge is -2.25. The number of carbonyl (C=O) groups is 4. The van der Waals surface area contributed by atoms with E-state index in [1.807, 2.05) is 41.5 Å². The second-order valence-electron chi connectivity index (χ2n) is 13.6. The maximum Gasteiger partial charge on any atom is 0.508 e. The van der Waals surface area contributed by atoms with Gasteiger partial charge in [0.25, 0.3) is 0 Å². The Labute approximate surface area is 249 Å². The van der Waals surface area contributed by atoms with Crippen LogP contribution in [0.3, 0.4) is 0 Å². The van der Waals surface area contributed by atoms with E-state index in [0.717, 1.165) is 32.1 Å². The molecular formula is C32H49NO9. The van der Waals surface area contributed by atoms with Crippen LogP contribution in [0.25, 0.3) is 0 Å². The first-order valence-electron chi connectivity index (χ1n) is 14.8. The zero-order chi connectivity index (χ0) is 31.7. The molecule has 1 saturated carbocycles. The maximum atomic E-state index is 12.8. The highest BCUT2D eigenvalue weighted by atomic mass is 16.7. The van der Waals surface area contributed by atoms with E-state index in [2.05, 4.69) is 0 Å². The van der Waals surface area contributed by atoms with E-state index in [1.165, 1.54) is 12.1 Å². The summed E-state index contributed by atoms with van der Waals surface area (Å²) in [5.41, 5.74) is 6.12. The van der Waals surface area contributed by atoms with Crippen molar-refractivity contribution in [1.29, 1.82) is 0 Å². The minimum atomic E-state index is -1.05. The van der Waals surface area contributed by atoms with Crippen LogP contribution < -0.4 is 15.2 Å². The number of nitrogens with two attached hydrogens (primary N) is 1. The number of carbonyl (C=O) groups excluding carboxylic acids is 4. The van der Waals surface area contributed by atoms with Crippen LogP contribution >= 0.6 is 0 Å². The predicted molar refractivity (Wildman–Crippen MR) is 157 cm³/mol. The van der Waals surface area contributed by atoms with Crippen LogP contribution in [-0.2, 0) is 35.0 Å². The summed E-state index contributed by atoms with van der Waals surface area (Å²) in [6.45, 7) is 14.7. The Morgan fingerprint density at radius 2 is 1.33 bits per heavy atom. The smallest absolute Gasteiger partial charge is 0.458 e. The van der Waals surface area contributed by atoms with E-state index in [4.69, 9.17) is 29.4 Å². The van der Waals surface area contributed by atoms with Crippen molar-refractivity contribution in [2.45, 2.75) is 131 Å². The fourth-order valence-corrected chi connectivity index (χ4v) is 4.33. The van der Waals surface area contributed by atoms with Crippen molar-refractivity contribution >= 4 is 24.1 Å². The SMILES string of the molecule is CC(OC(=O)OC1CCCCC1)[C@H](C)OC(=O)[C@@H](N)Cc1ccc(OC(=O)CC(C)(C)C)c(OC(=O)CC(C)(C)C)c1. The summed E-state index contributed by atoms with van der Waals surface area (Å²) >= 11 is 0. The van der Waals surface area contributed by atoms with Gasteiger partial charge in [0.05, 0.1) is 12.8 Å². The van der Waals surface area contributed by atoms with Gasteiger partial charge >= 0.3 is 24.1 Å². The summed E-state index contributed by atoms with van der Waals surface area (Å²) in [7, 11) is 0. The van der Waals surface area contributed by atoms with Gasteiger partial charge in [0.1, 0.15) is 24.4 Å². The number of rotatable bonds is 11. The lowest BCUT2D eigenvalue weighted by atomic mass is 9.92. The van der Waals surface area contributed by atoms with Crippen LogP contribution in [0.4, 0.5) is 4.79 Å². The van der Waals surface area contributed by atoms with Gasteiger partial charge in [-0.05, 0) is 74.5 Å². The Balaban J connectivity index is 2.03. The molecule has 0 bridgehead atoms. The first kappa shape index (κ1) is 35.1. The molecule has 0 radical (unpaired) electrons. The molecule has 1 aromatic carbocycles. The van der Waals surface area contributed by atoms with E-state index in [-0.39, 0.29) is 47.7 Å². The minimum Gasteiger partial charge on any atom is -0.458 e. The summed E-state index contributed by atoms with van der Waals surface area (Å²) in [4.78, 5) is 50.0. The quantitative estimate of drug-likeness (QED) is 0.239. The summed E-state index contributed by atoms with van der Waals surface area (Å²) in [5, 5.41) is 0. The van der Waals surface area contributed by atoms with Gasteiger partial charge in [0.2, 0.25) is 0 Å². The second kappa shape index (κ2) is 15.4. The van der Waals surface area contributed by atoms with Crippen molar-refractivity contribution < 1.29 is 42.9 Å². The topological polar surface area (TPSA) is 140 Å². The third-order valence-electron chi connectivity index (χ3n) is 6.62. The standard InChI is InChI=1S/C32H49NO9/c1-20(21(2)39-30(37)40-23-12-10-9-11-13-23)38-29(36)24(33)16-22-14-15-25(41-27(34)18-31(3,4)5)26(17-22)42-28(35)19-32(6,7)8/h14-15,17,20-21,23-24H,9-13,16,18-19,33H2,1-8H3/t20-,21?,24-/m0/s1. The molecule has 0 aliphatic heterocycles. The normalized spacial score (nSPS) is 16.5. The Kier molecular flexibility index (Phi) is 12.8. The predicted octanol–water partition coefficient (Wildman–Crippen LogP) is 6.05. The molecule has 10 nitrogen and oxygen atoms in total. The van der Waals surface area contributed by atoms with Crippen LogP contribution in [0, 0.1) is 10.8 Å². The fraction of sp³-hybridized carbons (Fsp3) is 0.688. The molecule has 1 aliphatic rings. The van der Waals surface area contributed by atoms with E-state index < -0.39 is 42.3 Å². The molecule has 1 aliphatic carbocycles. The van der Waals surface area contributed by atoms with Crippen molar-refractivity contribution in [2.75, 3.05) is 0 Å². The van der Waals surface area contributed by atoms with E-state index in [1.54, 1.807) is 19.9 Å². The van der Waals surface area contributed by atoms with Crippen LogP contribution in [-0.4, -0.2) is 48.4 Å². The van der Waals surface area contributed by atoms with Crippen molar-refractivity contribution in [1.82, 2.24) is 0 Å². The second-order valence-corrected chi connectivity index (χ2v) is 13.6. The summed E-state index contributed by atoms with van der Waals surface area (Å²) in [6, 6.07) is 3.64. The highest BCUT2D eigenvalue weighted by Gasteiger charge is 2.27. The Hall–Kier alpha value is -3.14. The zero-order valence-electron chi connectivity index (χ0n) is 26.4. The van der Waals surface area contributed by atoms with Crippen LogP contribution in [0.15, 0.2) is 18.2 Å². The van der Waals surface area contributed by atoms with Crippen molar-refractivity contribution in [2.24, 2.45) is 16.6 Å². The number of hydrogen-bond donors (Lipinski definition) is 1. The molecule has 2 N–H and O–H groups in total. The van der Waals surface area contributed by atoms with Gasteiger partial charge in [-0.25, -0.2) is 4.79 Å². The van der Waals surface area contributed by atoms with Crippen molar-refractivity contribution in [3.63, 3.8) is 0 Å². The Bertz CT molecular complexity index is 1080. The molecule has 10 heteroatoms. The van der Waals surface area contributed by atoms with Crippen LogP contribution in [0.2, 0.25) is 0 Å². The largest absolute Gasteiger partial charge is 0.508 e. The number of benzene rings is 1. The van der Waals surface area contributed by atoms with Gasteiger partial charge in [-0.15, -0.1) is 0 Å². The highest BCUT2D eigenvalue weighted by Crippen LogP contribution is 2.32.